The molecule has 1 N–H and O–H groups in total. The highest BCUT2D eigenvalue weighted by Crippen LogP contribution is 2.21. The topological polar surface area (TPSA) is 41.1 Å². The lowest BCUT2D eigenvalue weighted by Crippen LogP contribution is -2.32. The maximum Gasteiger partial charge on any atom is 0.228 e. The van der Waals surface area contributed by atoms with Crippen molar-refractivity contribution in [1.29, 1.82) is 0 Å². The van der Waals surface area contributed by atoms with Crippen LogP contribution in [0.5, 0.6) is 0 Å². The van der Waals surface area contributed by atoms with Crippen LogP contribution in [0.1, 0.15) is 25.1 Å². The second kappa shape index (κ2) is 7.95. The maximum absolute atomic E-state index is 13.4. The molecule has 5 heteroatoms. The van der Waals surface area contributed by atoms with Crippen molar-refractivity contribution in [2.24, 2.45) is 0 Å². The number of hydrogen-bond acceptors (Lipinski definition) is 4. The van der Waals surface area contributed by atoms with E-state index >= 15 is 0 Å². The lowest BCUT2D eigenvalue weighted by molar-refractivity contribution is 0.628. The molecule has 0 radical (unpaired) electrons. The van der Waals surface area contributed by atoms with E-state index in [0.29, 0.717) is 17.5 Å². The Bertz CT molecular complexity index is 865. The number of rotatable bonds is 6. The van der Waals surface area contributed by atoms with E-state index in [1.165, 1.54) is 17.7 Å². The highest BCUT2D eigenvalue weighted by Gasteiger charge is 2.15. The van der Waals surface area contributed by atoms with Crippen LogP contribution in [-0.2, 0) is 6.54 Å². The normalized spacial score (nSPS) is 10.8. The number of aromatic nitrogens is 2. The number of nitrogens with zero attached hydrogens (tertiary/aromatic N) is 3. The Morgan fingerprint density at radius 3 is 2.46 bits per heavy atom. The average molecular weight is 350 g/mol. The van der Waals surface area contributed by atoms with Gasteiger partial charge in [0.05, 0.1) is 0 Å². The summed E-state index contributed by atoms with van der Waals surface area (Å²) in [6.45, 7) is 6.90. The third kappa shape index (κ3) is 4.57. The largest absolute Gasteiger partial charge is 0.340 e. The zero-order valence-corrected chi connectivity index (χ0v) is 15.3. The van der Waals surface area contributed by atoms with E-state index in [4.69, 9.17) is 0 Å². The van der Waals surface area contributed by atoms with Crippen molar-refractivity contribution in [2.45, 2.75) is 33.4 Å². The van der Waals surface area contributed by atoms with Gasteiger partial charge >= 0.3 is 0 Å². The van der Waals surface area contributed by atoms with Crippen LogP contribution in [0.4, 0.5) is 21.8 Å². The van der Waals surface area contributed by atoms with Gasteiger partial charge in [0.25, 0.3) is 0 Å². The second-order valence-electron chi connectivity index (χ2n) is 6.54. The summed E-state index contributed by atoms with van der Waals surface area (Å²) in [6, 6.07) is 18.7. The van der Waals surface area contributed by atoms with Crippen LogP contribution in [0.3, 0.4) is 0 Å². The van der Waals surface area contributed by atoms with Crippen LogP contribution in [0, 0.1) is 12.7 Å². The van der Waals surface area contributed by atoms with Crippen molar-refractivity contribution in [2.75, 3.05) is 10.2 Å². The maximum atomic E-state index is 13.4. The molecular weight excluding hydrogens is 327 g/mol. The van der Waals surface area contributed by atoms with Crippen molar-refractivity contribution in [3.05, 3.63) is 77.7 Å². The van der Waals surface area contributed by atoms with Gasteiger partial charge in [-0.05, 0) is 44.5 Å². The third-order valence-electron chi connectivity index (χ3n) is 4.02. The quantitative estimate of drug-likeness (QED) is 0.673. The lowest BCUT2D eigenvalue weighted by Gasteiger charge is -2.27. The van der Waals surface area contributed by atoms with Crippen LogP contribution >= 0.6 is 0 Å². The molecule has 1 aromatic heterocycles. The Labute approximate surface area is 153 Å². The number of benzene rings is 2. The predicted octanol–water partition coefficient (Wildman–Crippen LogP) is 5.08. The Balaban J connectivity index is 1.89. The van der Waals surface area contributed by atoms with Crippen LogP contribution < -0.4 is 10.2 Å². The van der Waals surface area contributed by atoms with Gasteiger partial charge in [0, 0.05) is 30.0 Å². The van der Waals surface area contributed by atoms with E-state index in [1.807, 2.05) is 37.3 Å². The molecule has 26 heavy (non-hydrogen) atoms. The van der Waals surface area contributed by atoms with E-state index in [1.54, 1.807) is 6.07 Å². The van der Waals surface area contributed by atoms with Crippen LogP contribution in [0.15, 0.2) is 60.7 Å². The molecule has 0 atom stereocenters. The smallest absolute Gasteiger partial charge is 0.228 e. The Hall–Kier alpha value is -2.95. The Morgan fingerprint density at radius 2 is 1.77 bits per heavy atom. The van der Waals surface area contributed by atoms with E-state index in [2.05, 4.69) is 46.2 Å². The van der Waals surface area contributed by atoms with Gasteiger partial charge in [0.2, 0.25) is 5.95 Å². The highest BCUT2D eigenvalue weighted by molar-refractivity contribution is 5.57. The molecule has 0 bridgehead atoms. The summed E-state index contributed by atoms with van der Waals surface area (Å²) in [6.07, 6.45) is 0. The van der Waals surface area contributed by atoms with Gasteiger partial charge in [0.15, 0.2) is 0 Å². The van der Waals surface area contributed by atoms with Gasteiger partial charge in [-0.15, -0.1) is 0 Å². The monoisotopic (exact) mass is 350 g/mol. The first kappa shape index (κ1) is 17.9. The minimum absolute atomic E-state index is 0.235. The van der Waals surface area contributed by atoms with Crippen molar-refractivity contribution in [1.82, 2.24) is 9.97 Å². The molecular formula is C21H23FN4. The number of hydrogen-bond donors (Lipinski definition) is 1. The molecule has 3 aromatic rings. The summed E-state index contributed by atoms with van der Waals surface area (Å²) >= 11 is 0. The zero-order chi connectivity index (χ0) is 18.5. The second-order valence-corrected chi connectivity index (χ2v) is 6.54. The van der Waals surface area contributed by atoms with Crippen molar-refractivity contribution >= 4 is 17.5 Å². The first-order valence-corrected chi connectivity index (χ1v) is 8.70. The standard InChI is InChI=1S/C21H23FN4/c1-15(2)26(14-17-8-5-4-6-9-17)21-23-16(3)12-20(25-21)24-19-11-7-10-18(22)13-19/h4-13,15H,14H2,1-3H3,(H,23,24,25). The zero-order valence-electron chi connectivity index (χ0n) is 15.3. The average Bonchev–Trinajstić information content (AvgIpc) is 2.60. The summed E-state index contributed by atoms with van der Waals surface area (Å²) in [5.41, 5.74) is 2.71. The molecule has 0 spiro atoms. The van der Waals surface area contributed by atoms with Gasteiger partial charge in [-0.25, -0.2) is 9.37 Å². The van der Waals surface area contributed by atoms with E-state index < -0.39 is 0 Å². The van der Waals surface area contributed by atoms with E-state index in [-0.39, 0.29) is 11.9 Å². The van der Waals surface area contributed by atoms with Crippen molar-refractivity contribution in [3.8, 4) is 0 Å². The fourth-order valence-corrected chi connectivity index (χ4v) is 2.72. The summed E-state index contributed by atoms with van der Waals surface area (Å²) in [7, 11) is 0. The number of nitrogens with one attached hydrogen (secondary N) is 1. The van der Waals surface area contributed by atoms with Crippen LogP contribution in [0.2, 0.25) is 0 Å². The molecule has 3 rings (SSSR count). The molecule has 0 amide bonds. The molecule has 0 unspecified atom stereocenters. The van der Waals surface area contributed by atoms with E-state index in [0.717, 1.165) is 12.2 Å². The molecule has 4 nitrogen and oxygen atoms in total. The molecule has 0 aliphatic carbocycles. The SMILES string of the molecule is Cc1cc(Nc2cccc(F)c2)nc(N(Cc2ccccc2)C(C)C)n1. The molecule has 134 valence electrons. The molecule has 0 fully saturated rings. The Morgan fingerprint density at radius 1 is 1.00 bits per heavy atom. The van der Waals surface area contributed by atoms with Gasteiger partial charge in [-0.2, -0.15) is 4.98 Å². The molecule has 2 aromatic carbocycles. The van der Waals surface area contributed by atoms with Crippen LogP contribution in [0.25, 0.3) is 0 Å². The number of aryl methyl sites for hydroxylation is 1. The summed E-state index contributed by atoms with van der Waals surface area (Å²) in [5.74, 6) is 1.02. The number of halogens is 1. The fourth-order valence-electron chi connectivity index (χ4n) is 2.72. The molecule has 0 saturated heterocycles. The first-order valence-electron chi connectivity index (χ1n) is 8.70. The fraction of sp³-hybridized carbons (Fsp3) is 0.238. The van der Waals surface area contributed by atoms with Crippen LogP contribution in [-0.4, -0.2) is 16.0 Å². The lowest BCUT2D eigenvalue weighted by atomic mass is 10.2. The van der Waals surface area contributed by atoms with Gasteiger partial charge in [-0.3, -0.25) is 0 Å². The van der Waals surface area contributed by atoms with Gasteiger partial charge in [0.1, 0.15) is 11.6 Å². The van der Waals surface area contributed by atoms with Crippen molar-refractivity contribution < 1.29 is 4.39 Å². The summed E-state index contributed by atoms with van der Waals surface area (Å²) < 4.78 is 13.4. The van der Waals surface area contributed by atoms with Gasteiger partial charge < -0.3 is 10.2 Å². The molecule has 0 aliphatic rings. The summed E-state index contributed by atoms with van der Waals surface area (Å²) in [4.78, 5) is 11.4. The minimum atomic E-state index is -0.283. The first-order chi connectivity index (χ1) is 12.5. The minimum Gasteiger partial charge on any atom is -0.340 e. The third-order valence-corrected chi connectivity index (χ3v) is 4.02. The Kier molecular flexibility index (Phi) is 5.46. The molecule has 0 saturated carbocycles. The predicted molar refractivity (Wildman–Crippen MR) is 104 cm³/mol. The highest BCUT2D eigenvalue weighted by atomic mass is 19.1. The number of anilines is 3. The summed E-state index contributed by atoms with van der Waals surface area (Å²) in [5, 5.41) is 3.17. The van der Waals surface area contributed by atoms with Crippen molar-refractivity contribution in [3.63, 3.8) is 0 Å². The molecule has 0 aliphatic heterocycles. The molecule has 1 heterocycles. The van der Waals surface area contributed by atoms with E-state index in [9.17, 15) is 4.39 Å². The van der Waals surface area contributed by atoms with Gasteiger partial charge in [-0.1, -0.05) is 36.4 Å².